The molecule has 2 aromatic carbocycles. The minimum absolute atomic E-state index is 0.0529. The summed E-state index contributed by atoms with van der Waals surface area (Å²) in [6, 6.07) is 14.1. The highest BCUT2D eigenvalue weighted by atomic mass is 19.1. The van der Waals surface area contributed by atoms with E-state index in [-0.39, 0.29) is 17.3 Å². The van der Waals surface area contributed by atoms with Crippen LogP contribution in [-0.2, 0) is 0 Å². The van der Waals surface area contributed by atoms with Crippen molar-refractivity contribution in [2.24, 2.45) is 0 Å². The number of carbonyl (C=O) groups excluding carboxylic acids is 2. The molecule has 0 spiro atoms. The molecule has 4 heteroatoms. The molecule has 3 nitrogen and oxygen atoms in total. The number of ketones is 1. The second-order valence-electron chi connectivity index (χ2n) is 5.40. The van der Waals surface area contributed by atoms with E-state index in [0.29, 0.717) is 18.5 Å². The minimum atomic E-state index is -0.460. The number of Topliss-reactive ketones (excluding diaryl/α,β-unsaturated/α-hetero) is 1. The first-order chi connectivity index (χ1) is 10.7. The number of halogens is 1. The Balaban J connectivity index is 1.84. The van der Waals surface area contributed by atoms with Crippen LogP contribution in [0.1, 0.15) is 33.6 Å². The molecule has 1 fully saturated rings. The molecule has 1 saturated heterocycles. The number of hydrogen-bond donors (Lipinski definition) is 0. The first-order valence-corrected chi connectivity index (χ1v) is 7.32. The summed E-state index contributed by atoms with van der Waals surface area (Å²) >= 11 is 0. The van der Waals surface area contributed by atoms with Crippen LogP contribution in [0, 0.1) is 5.82 Å². The Morgan fingerprint density at radius 2 is 1.73 bits per heavy atom. The minimum Gasteiger partial charge on any atom is -0.328 e. The lowest BCUT2D eigenvalue weighted by atomic mass is 10.0. The number of nitrogens with zero attached hydrogens (tertiary/aromatic N) is 1. The van der Waals surface area contributed by atoms with Crippen molar-refractivity contribution >= 4 is 11.7 Å². The molecule has 22 heavy (non-hydrogen) atoms. The fourth-order valence-electron chi connectivity index (χ4n) is 2.86. The van der Waals surface area contributed by atoms with E-state index in [4.69, 9.17) is 0 Å². The second kappa shape index (κ2) is 6.10. The van der Waals surface area contributed by atoms with Crippen molar-refractivity contribution in [3.63, 3.8) is 0 Å². The Labute approximate surface area is 128 Å². The van der Waals surface area contributed by atoms with Crippen molar-refractivity contribution in [2.45, 2.75) is 18.9 Å². The molecule has 0 N–H and O–H groups in total. The Morgan fingerprint density at radius 1 is 1.00 bits per heavy atom. The number of carbonyl (C=O) groups is 2. The van der Waals surface area contributed by atoms with E-state index < -0.39 is 11.9 Å². The first kappa shape index (κ1) is 14.4. The van der Waals surface area contributed by atoms with E-state index >= 15 is 0 Å². The summed E-state index contributed by atoms with van der Waals surface area (Å²) in [5.41, 5.74) is 0.888. The molecular weight excluding hydrogens is 281 g/mol. The van der Waals surface area contributed by atoms with Gasteiger partial charge in [0.05, 0.1) is 6.04 Å². The van der Waals surface area contributed by atoms with Crippen molar-refractivity contribution < 1.29 is 14.0 Å². The maximum atomic E-state index is 13.3. The van der Waals surface area contributed by atoms with Gasteiger partial charge in [0, 0.05) is 17.7 Å². The standard InChI is InChI=1S/C18H16FNO2/c19-15-9-4-8-14(12-15)18(22)20-11-5-10-16(20)17(21)13-6-2-1-3-7-13/h1-4,6-9,12,16H,5,10-11H2. The summed E-state index contributed by atoms with van der Waals surface area (Å²) in [7, 11) is 0. The molecule has 0 bridgehead atoms. The van der Waals surface area contributed by atoms with Gasteiger partial charge in [0.15, 0.2) is 5.78 Å². The van der Waals surface area contributed by atoms with Crippen LogP contribution < -0.4 is 0 Å². The quantitative estimate of drug-likeness (QED) is 0.815. The van der Waals surface area contributed by atoms with Gasteiger partial charge >= 0.3 is 0 Å². The molecule has 3 rings (SSSR count). The summed E-state index contributed by atoms with van der Waals surface area (Å²) in [5, 5.41) is 0. The van der Waals surface area contributed by atoms with E-state index in [9.17, 15) is 14.0 Å². The molecule has 1 aliphatic heterocycles. The average Bonchev–Trinajstić information content (AvgIpc) is 3.04. The number of hydrogen-bond acceptors (Lipinski definition) is 2. The third-order valence-corrected chi connectivity index (χ3v) is 3.95. The van der Waals surface area contributed by atoms with Gasteiger partial charge in [0.2, 0.25) is 0 Å². The lowest BCUT2D eigenvalue weighted by Crippen LogP contribution is -2.40. The van der Waals surface area contributed by atoms with Gasteiger partial charge in [-0.3, -0.25) is 9.59 Å². The molecule has 0 saturated carbocycles. The highest BCUT2D eigenvalue weighted by Gasteiger charge is 2.34. The fourth-order valence-corrected chi connectivity index (χ4v) is 2.86. The number of likely N-dealkylation sites (tertiary alicyclic amines) is 1. The van der Waals surface area contributed by atoms with Gasteiger partial charge < -0.3 is 4.90 Å². The third kappa shape index (κ3) is 2.77. The smallest absolute Gasteiger partial charge is 0.254 e. The van der Waals surface area contributed by atoms with Gasteiger partial charge in [0.25, 0.3) is 5.91 Å². The molecule has 112 valence electrons. The van der Waals surface area contributed by atoms with E-state index in [1.807, 2.05) is 6.07 Å². The van der Waals surface area contributed by atoms with Crippen LogP contribution in [0.25, 0.3) is 0 Å². The maximum Gasteiger partial charge on any atom is 0.254 e. The molecule has 0 radical (unpaired) electrons. The van der Waals surface area contributed by atoms with Gasteiger partial charge in [-0.25, -0.2) is 4.39 Å². The highest BCUT2D eigenvalue weighted by Crippen LogP contribution is 2.23. The summed E-state index contributed by atoms with van der Waals surface area (Å²) in [5.74, 6) is -0.787. The lowest BCUT2D eigenvalue weighted by molar-refractivity contribution is 0.0671. The predicted octanol–water partition coefficient (Wildman–Crippen LogP) is 3.31. The predicted molar refractivity (Wildman–Crippen MR) is 81.2 cm³/mol. The molecule has 1 amide bonds. The van der Waals surface area contributed by atoms with Crippen LogP contribution in [-0.4, -0.2) is 29.2 Å². The third-order valence-electron chi connectivity index (χ3n) is 3.95. The average molecular weight is 297 g/mol. The molecule has 0 aromatic heterocycles. The number of amides is 1. The zero-order chi connectivity index (χ0) is 15.5. The highest BCUT2D eigenvalue weighted by molar-refractivity contribution is 6.04. The Hall–Kier alpha value is -2.49. The van der Waals surface area contributed by atoms with Gasteiger partial charge in [-0.1, -0.05) is 36.4 Å². The topological polar surface area (TPSA) is 37.4 Å². The summed E-state index contributed by atoms with van der Waals surface area (Å²) < 4.78 is 13.3. The van der Waals surface area contributed by atoms with E-state index in [0.717, 1.165) is 6.42 Å². The summed E-state index contributed by atoms with van der Waals surface area (Å²) in [6.45, 7) is 0.526. The molecule has 1 unspecified atom stereocenters. The summed E-state index contributed by atoms with van der Waals surface area (Å²) in [6.07, 6.45) is 1.43. The SMILES string of the molecule is O=C(c1ccccc1)C1CCCN1C(=O)c1cccc(F)c1. The zero-order valence-corrected chi connectivity index (χ0v) is 12.0. The fraction of sp³-hybridized carbons (Fsp3) is 0.222. The Kier molecular flexibility index (Phi) is 4.00. The van der Waals surface area contributed by atoms with Gasteiger partial charge in [0.1, 0.15) is 5.82 Å². The van der Waals surface area contributed by atoms with Gasteiger partial charge in [-0.2, -0.15) is 0 Å². The van der Waals surface area contributed by atoms with Gasteiger partial charge in [-0.15, -0.1) is 0 Å². The van der Waals surface area contributed by atoms with Crippen molar-refractivity contribution in [3.8, 4) is 0 Å². The number of benzene rings is 2. The van der Waals surface area contributed by atoms with Gasteiger partial charge in [-0.05, 0) is 31.0 Å². The van der Waals surface area contributed by atoms with Crippen LogP contribution in [0.5, 0.6) is 0 Å². The van der Waals surface area contributed by atoms with Crippen molar-refractivity contribution in [3.05, 3.63) is 71.5 Å². The molecule has 1 aliphatic rings. The molecule has 0 aliphatic carbocycles. The van der Waals surface area contributed by atoms with E-state index in [1.54, 1.807) is 35.2 Å². The normalized spacial score (nSPS) is 17.5. The van der Waals surface area contributed by atoms with Crippen molar-refractivity contribution in [1.29, 1.82) is 0 Å². The zero-order valence-electron chi connectivity index (χ0n) is 12.0. The molecular formula is C18H16FNO2. The molecule has 1 atom stereocenters. The Bertz CT molecular complexity index is 699. The van der Waals surface area contributed by atoms with Crippen LogP contribution in [0.2, 0.25) is 0 Å². The van der Waals surface area contributed by atoms with Crippen LogP contribution in [0.3, 0.4) is 0 Å². The van der Waals surface area contributed by atoms with Crippen molar-refractivity contribution in [2.75, 3.05) is 6.54 Å². The van der Waals surface area contributed by atoms with Crippen LogP contribution in [0.15, 0.2) is 54.6 Å². The monoisotopic (exact) mass is 297 g/mol. The lowest BCUT2D eigenvalue weighted by Gasteiger charge is -2.24. The Morgan fingerprint density at radius 3 is 2.45 bits per heavy atom. The first-order valence-electron chi connectivity index (χ1n) is 7.32. The van der Waals surface area contributed by atoms with Crippen LogP contribution in [0.4, 0.5) is 4.39 Å². The second-order valence-corrected chi connectivity index (χ2v) is 5.40. The maximum absolute atomic E-state index is 13.3. The van der Waals surface area contributed by atoms with E-state index in [2.05, 4.69) is 0 Å². The molecule has 2 aromatic rings. The number of rotatable bonds is 3. The largest absolute Gasteiger partial charge is 0.328 e. The van der Waals surface area contributed by atoms with Crippen LogP contribution >= 0.6 is 0 Å². The summed E-state index contributed by atoms with van der Waals surface area (Å²) in [4.78, 5) is 26.7. The van der Waals surface area contributed by atoms with Crippen molar-refractivity contribution in [1.82, 2.24) is 4.90 Å². The molecule has 1 heterocycles. The van der Waals surface area contributed by atoms with E-state index in [1.165, 1.54) is 18.2 Å².